The minimum absolute atomic E-state index is 0.100. The number of pyridine rings is 1. The van der Waals surface area contributed by atoms with Gasteiger partial charge in [0.05, 0.1) is 17.7 Å². The number of halogens is 2. The highest BCUT2D eigenvalue weighted by Crippen LogP contribution is 2.42. The summed E-state index contributed by atoms with van der Waals surface area (Å²) in [6.07, 6.45) is 11.1. The lowest BCUT2D eigenvalue weighted by atomic mass is 9.75. The van der Waals surface area contributed by atoms with E-state index >= 15 is 0 Å². The molecule has 0 saturated carbocycles. The first kappa shape index (κ1) is 27.8. The molecule has 1 N–H and O–H groups in total. The van der Waals surface area contributed by atoms with Gasteiger partial charge in [-0.1, -0.05) is 62.2 Å². The molecule has 2 unspecified atom stereocenters. The van der Waals surface area contributed by atoms with E-state index in [9.17, 15) is 0 Å². The molecule has 0 amide bonds. The zero-order chi connectivity index (χ0) is 26.6. The fraction of sp³-hybridized carbons (Fsp3) is 0.367. The molecule has 1 aliphatic heterocycles. The summed E-state index contributed by atoms with van der Waals surface area (Å²) in [6.45, 7) is 15.1. The third-order valence-electron chi connectivity index (χ3n) is 6.36. The van der Waals surface area contributed by atoms with Crippen LogP contribution in [-0.2, 0) is 11.0 Å². The van der Waals surface area contributed by atoms with Crippen LogP contribution < -0.4 is 10.1 Å². The van der Waals surface area contributed by atoms with E-state index in [4.69, 9.17) is 37.9 Å². The molecular weight excluding hydrogens is 489 g/mol. The van der Waals surface area contributed by atoms with Crippen molar-refractivity contribution >= 4 is 29.0 Å². The molecule has 4 nitrogen and oxygen atoms in total. The lowest BCUT2D eigenvalue weighted by Gasteiger charge is -2.37. The average molecular weight is 525 g/mol. The van der Waals surface area contributed by atoms with E-state index in [0.29, 0.717) is 22.5 Å². The van der Waals surface area contributed by atoms with Gasteiger partial charge in [-0.2, -0.15) is 0 Å². The van der Waals surface area contributed by atoms with E-state index in [1.807, 2.05) is 68.6 Å². The maximum atomic E-state index is 6.20. The molecule has 2 heterocycles. The van der Waals surface area contributed by atoms with Crippen LogP contribution in [0, 0.1) is 0 Å². The van der Waals surface area contributed by atoms with Crippen molar-refractivity contribution < 1.29 is 4.74 Å². The minimum atomic E-state index is -0.681. The lowest BCUT2D eigenvalue weighted by Crippen LogP contribution is -2.50. The van der Waals surface area contributed by atoms with Crippen molar-refractivity contribution in [1.29, 1.82) is 0 Å². The number of nitrogens with zero attached hydrogens (tertiary/aromatic N) is 2. The van der Waals surface area contributed by atoms with Gasteiger partial charge in [0.2, 0.25) is 0 Å². The van der Waals surface area contributed by atoms with E-state index in [1.54, 1.807) is 12.2 Å². The fourth-order valence-corrected chi connectivity index (χ4v) is 4.35. The second-order valence-electron chi connectivity index (χ2n) is 10.1. The molecule has 0 fully saturated rings. The third kappa shape index (κ3) is 5.95. The van der Waals surface area contributed by atoms with Crippen molar-refractivity contribution in [2.24, 2.45) is 4.99 Å². The van der Waals surface area contributed by atoms with Crippen molar-refractivity contribution in [2.75, 3.05) is 6.61 Å². The minimum Gasteiger partial charge on any atom is -0.493 e. The molecule has 0 radical (unpaired) electrons. The topological polar surface area (TPSA) is 46.5 Å². The second kappa shape index (κ2) is 11.1. The molecule has 0 aliphatic carbocycles. The van der Waals surface area contributed by atoms with E-state index < -0.39 is 11.1 Å². The van der Waals surface area contributed by atoms with Crippen molar-refractivity contribution in [3.05, 3.63) is 99.5 Å². The summed E-state index contributed by atoms with van der Waals surface area (Å²) in [7, 11) is 0. The van der Waals surface area contributed by atoms with Gasteiger partial charge in [0.15, 0.2) is 0 Å². The zero-order valence-electron chi connectivity index (χ0n) is 22.1. The molecule has 1 aliphatic rings. The molecule has 2 atom stereocenters. The molecule has 36 heavy (non-hydrogen) atoms. The van der Waals surface area contributed by atoms with E-state index in [-0.39, 0.29) is 5.41 Å². The Balaban J connectivity index is 2.15. The van der Waals surface area contributed by atoms with E-state index in [2.05, 4.69) is 45.7 Å². The van der Waals surface area contributed by atoms with Crippen molar-refractivity contribution in [1.82, 2.24) is 10.3 Å². The third-order valence-corrected chi connectivity index (χ3v) is 6.87. The summed E-state index contributed by atoms with van der Waals surface area (Å²) < 4.78 is 6.05. The van der Waals surface area contributed by atoms with Gasteiger partial charge < -0.3 is 10.1 Å². The smallest absolute Gasteiger partial charge is 0.135 e. The van der Waals surface area contributed by atoms with E-state index in [0.717, 1.165) is 22.6 Å². The first-order valence-electron chi connectivity index (χ1n) is 12.1. The number of aliphatic imine (C=N–C) groups is 1. The molecule has 2 aromatic rings. The summed E-state index contributed by atoms with van der Waals surface area (Å²) in [5.41, 5.74) is 4.73. The summed E-state index contributed by atoms with van der Waals surface area (Å²) in [4.78, 5) is 9.93. The Morgan fingerprint density at radius 3 is 2.50 bits per heavy atom. The molecule has 190 valence electrons. The van der Waals surface area contributed by atoms with Crippen LogP contribution in [0.25, 0.3) is 0 Å². The Hall–Kier alpha value is -2.78. The maximum absolute atomic E-state index is 6.20. The van der Waals surface area contributed by atoms with Gasteiger partial charge in [-0.3, -0.25) is 9.98 Å². The molecule has 0 spiro atoms. The SMILES string of the molecule is C/C=C\C(Cl)=C/C=C=CC1(C)N=C(c2cnc(C(C)(C)C)cc2OCC)NC1(C)c1ccc(Cl)cc1. The maximum Gasteiger partial charge on any atom is 0.135 e. The summed E-state index contributed by atoms with van der Waals surface area (Å²) in [5.74, 6) is 1.47. The number of hydrogen-bond acceptors (Lipinski definition) is 4. The Labute approximate surface area is 225 Å². The first-order chi connectivity index (χ1) is 16.9. The molecule has 0 bridgehead atoms. The largest absolute Gasteiger partial charge is 0.493 e. The molecule has 3 rings (SSSR count). The fourth-order valence-electron chi connectivity index (χ4n) is 4.04. The number of allylic oxidation sites excluding steroid dienone is 4. The average Bonchev–Trinajstić information content (AvgIpc) is 3.08. The van der Waals surface area contributed by atoms with Gasteiger partial charge in [0.1, 0.15) is 17.1 Å². The molecular formula is C30H35Cl2N3O. The molecule has 0 saturated heterocycles. The monoisotopic (exact) mass is 523 g/mol. The Morgan fingerprint density at radius 1 is 1.19 bits per heavy atom. The highest BCUT2D eigenvalue weighted by atomic mass is 35.5. The van der Waals surface area contributed by atoms with Crippen LogP contribution in [0.15, 0.2) is 82.7 Å². The number of hydrogen-bond donors (Lipinski definition) is 1. The van der Waals surface area contributed by atoms with Crippen LogP contribution in [0.2, 0.25) is 5.02 Å². The number of rotatable bonds is 7. The van der Waals surface area contributed by atoms with Gasteiger partial charge in [0.25, 0.3) is 0 Å². The zero-order valence-corrected chi connectivity index (χ0v) is 23.6. The van der Waals surface area contributed by atoms with Gasteiger partial charge in [-0.25, -0.2) is 0 Å². The predicted molar refractivity (Wildman–Crippen MR) is 152 cm³/mol. The Morgan fingerprint density at radius 2 is 1.89 bits per heavy atom. The van der Waals surface area contributed by atoms with Crippen molar-refractivity contribution in [3.63, 3.8) is 0 Å². The van der Waals surface area contributed by atoms with Crippen LogP contribution in [0.1, 0.15) is 65.3 Å². The molecule has 1 aromatic heterocycles. The van der Waals surface area contributed by atoms with Crippen LogP contribution in [-0.4, -0.2) is 23.0 Å². The highest BCUT2D eigenvalue weighted by molar-refractivity contribution is 6.31. The summed E-state index contributed by atoms with van der Waals surface area (Å²) >= 11 is 12.4. The predicted octanol–water partition coefficient (Wildman–Crippen LogP) is 7.87. The quantitative estimate of drug-likeness (QED) is 0.296. The van der Waals surface area contributed by atoms with Crippen LogP contribution >= 0.6 is 23.2 Å². The summed E-state index contributed by atoms with van der Waals surface area (Å²) in [6, 6.07) is 9.86. The van der Waals surface area contributed by atoms with Crippen molar-refractivity contribution in [3.8, 4) is 5.75 Å². The van der Waals surface area contributed by atoms with Gasteiger partial charge >= 0.3 is 0 Å². The standard InChI is InChI=1S/C30H35Cl2N3O/c1-8-12-22(31)13-10-11-18-29(6)30(7,21-14-16-23(32)17-15-21)35-27(34-29)24-20-33-26(28(3,4)5)19-25(24)36-9-2/h8,10,12-20H,9H2,1-7H3,(H,34,35)/b12-8-,22-13+. The highest BCUT2D eigenvalue weighted by Gasteiger charge is 2.50. The molecule has 6 heteroatoms. The number of aromatic nitrogens is 1. The van der Waals surface area contributed by atoms with Crippen LogP contribution in [0.3, 0.4) is 0 Å². The Bertz CT molecular complexity index is 1250. The van der Waals surface area contributed by atoms with E-state index in [1.165, 1.54) is 0 Å². The first-order valence-corrected chi connectivity index (χ1v) is 12.9. The molecule has 1 aromatic carbocycles. The van der Waals surface area contributed by atoms with Crippen LogP contribution in [0.5, 0.6) is 5.75 Å². The van der Waals surface area contributed by atoms with Gasteiger partial charge in [-0.05, 0) is 69.7 Å². The number of ether oxygens (including phenoxy) is 1. The summed E-state index contributed by atoms with van der Waals surface area (Å²) in [5, 5.41) is 5.00. The number of nitrogens with one attached hydrogen (secondary N) is 1. The number of amidine groups is 1. The van der Waals surface area contributed by atoms with Crippen molar-refractivity contribution in [2.45, 2.75) is 65.0 Å². The number of benzene rings is 1. The second-order valence-corrected chi connectivity index (χ2v) is 11.0. The van der Waals surface area contributed by atoms with Gasteiger partial charge in [0, 0.05) is 33.4 Å². The lowest BCUT2D eigenvalue weighted by molar-refractivity contribution is 0.321. The Kier molecular flexibility index (Phi) is 8.56. The normalized spacial score (nSPS) is 22.1. The van der Waals surface area contributed by atoms with Gasteiger partial charge in [-0.15, -0.1) is 5.73 Å². The van der Waals surface area contributed by atoms with Crippen LogP contribution in [0.4, 0.5) is 0 Å².